The molecule has 4 rings (SSSR count). The van der Waals surface area contributed by atoms with Crippen LogP contribution in [-0.2, 0) is 10.0 Å². The lowest BCUT2D eigenvalue weighted by Crippen LogP contribution is -2.38. The summed E-state index contributed by atoms with van der Waals surface area (Å²) in [6.07, 6.45) is 3.69. The Morgan fingerprint density at radius 3 is 2.54 bits per heavy atom. The first-order chi connectivity index (χ1) is 13.4. The molecule has 1 N–H and O–H groups in total. The third-order valence-electron chi connectivity index (χ3n) is 5.78. The number of ether oxygens (including phenoxy) is 1. The number of fused-ring (bicyclic) bond motifs is 1. The zero-order valence-corrected chi connectivity index (χ0v) is 17.3. The summed E-state index contributed by atoms with van der Waals surface area (Å²) in [5, 5.41) is 1.16. The average molecular weight is 399 g/mol. The minimum Gasteiger partial charge on any atom is -0.497 e. The smallest absolute Gasteiger partial charge is 0.243 e. The minimum atomic E-state index is -3.46. The van der Waals surface area contributed by atoms with Gasteiger partial charge in [-0.05, 0) is 73.6 Å². The number of benzene rings is 2. The Morgan fingerprint density at radius 1 is 1.07 bits per heavy atom. The van der Waals surface area contributed by atoms with Crippen LogP contribution < -0.4 is 4.74 Å². The molecule has 3 aromatic rings. The van der Waals surface area contributed by atoms with Crippen molar-refractivity contribution in [1.82, 2.24) is 9.29 Å². The molecule has 1 aliphatic rings. The summed E-state index contributed by atoms with van der Waals surface area (Å²) < 4.78 is 33.3. The quantitative estimate of drug-likeness (QED) is 0.710. The maximum atomic E-state index is 13.2. The molecule has 0 aliphatic carbocycles. The molecular formula is C22H26N2O3S. The predicted molar refractivity (Wildman–Crippen MR) is 112 cm³/mol. The number of hydrogen-bond acceptors (Lipinski definition) is 3. The summed E-state index contributed by atoms with van der Waals surface area (Å²) in [5.74, 6) is 1.18. The van der Waals surface area contributed by atoms with Gasteiger partial charge in [-0.1, -0.05) is 12.1 Å². The number of piperidine rings is 1. The van der Waals surface area contributed by atoms with Crippen LogP contribution in [0.25, 0.3) is 10.9 Å². The van der Waals surface area contributed by atoms with Crippen LogP contribution in [0.15, 0.2) is 47.5 Å². The van der Waals surface area contributed by atoms with Crippen molar-refractivity contribution in [2.45, 2.75) is 37.5 Å². The largest absolute Gasteiger partial charge is 0.497 e. The summed E-state index contributed by atoms with van der Waals surface area (Å²) in [6, 6.07) is 11.6. The molecule has 0 radical (unpaired) electrons. The number of H-pyrrole nitrogens is 1. The molecule has 1 fully saturated rings. The Morgan fingerprint density at radius 2 is 1.82 bits per heavy atom. The first-order valence-electron chi connectivity index (χ1n) is 9.62. The van der Waals surface area contributed by atoms with Crippen molar-refractivity contribution in [2.24, 2.45) is 0 Å². The second-order valence-corrected chi connectivity index (χ2v) is 9.51. The maximum absolute atomic E-state index is 13.2. The summed E-state index contributed by atoms with van der Waals surface area (Å²) in [4.78, 5) is 3.76. The fourth-order valence-corrected chi connectivity index (χ4v) is 5.90. The van der Waals surface area contributed by atoms with Gasteiger partial charge >= 0.3 is 0 Å². The Kier molecular flexibility index (Phi) is 4.93. The summed E-state index contributed by atoms with van der Waals surface area (Å²) >= 11 is 0. The Labute approximate surface area is 166 Å². The number of sulfonamides is 1. The maximum Gasteiger partial charge on any atom is 0.243 e. The van der Waals surface area contributed by atoms with Crippen molar-refractivity contribution in [2.75, 3.05) is 20.2 Å². The summed E-state index contributed by atoms with van der Waals surface area (Å²) in [5.41, 5.74) is 4.10. The van der Waals surface area contributed by atoms with E-state index in [2.05, 4.69) is 17.2 Å². The Balaban J connectivity index is 1.56. The molecule has 148 valence electrons. The van der Waals surface area contributed by atoms with E-state index in [1.807, 2.05) is 38.1 Å². The van der Waals surface area contributed by atoms with Crippen molar-refractivity contribution in [3.05, 3.63) is 59.3 Å². The SMILES string of the molecule is COc1ccc2[nH]cc(C3CCN(S(=O)(=O)c4cc(C)ccc4C)CC3)c2c1. The summed E-state index contributed by atoms with van der Waals surface area (Å²) in [6.45, 7) is 4.86. The highest BCUT2D eigenvalue weighted by molar-refractivity contribution is 7.89. The van der Waals surface area contributed by atoms with Gasteiger partial charge in [0.2, 0.25) is 10.0 Å². The highest BCUT2D eigenvalue weighted by atomic mass is 32.2. The highest BCUT2D eigenvalue weighted by Gasteiger charge is 2.31. The van der Waals surface area contributed by atoms with Crippen LogP contribution in [0.2, 0.25) is 0 Å². The number of aromatic amines is 1. The van der Waals surface area contributed by atoms with Crippen molar-refractivity contribution in [1.29, 1.82) is 0 Å². The molecule has 1 aromatic heterocycles. The van der Waals surface area contributed by atoms with Gasteiger partial charge in [0.25, 0.3) is 0 Å². The standard InChI is InChI=1S/C22H26N2O3S/c1-15-4-5-16(2)22(12-15)28(25,26)24-10-8-17(9-11-24)20-14-23-21-7-6-18(27-3)13-19(20)21/h4-7,12-14,17,23H,8-11H2,1-3H3. The van der Waals surface area contributed by atoms with Gasteiger partial charge in [0.15, 0.2) is 0 Å². The third kappa shape index (κ3) is 3.31. The van der Waals surface area contributed by atoms with Crippen LogP contribution in [0.3, 0.4) is 0 Å². The predicted octanol–water partition coefficient (Wildman–Crippen LogP) is 4.36. The number of aromatic nitrogens is 1. The van der Waals surface area contributed by atoms with Gasteiger partial charge < -0.3 is 9.72 Å². The van der Waals surface area contributed by atoms with Crippen LogP contribution >= 0.6 is 0 Å². The molecule has 1 saturated heterocycles. The van der Waals surface area contributed by atoms with Gasteiger partial charge in [0.05, 0.1) is 12.0 Å². The average Bonchev–Trinajstić information content (AvgIpc) is 3.13. The van der Waals surface area contributed by atoms with E-state index in [-0.39, 0.29) is 0 Å². The third-order valence-corrected chi connectivity index (χ3v) is 7.82. The zero-order chi connectivity index (χ0) is 19.9. The lowest BCUT2D eigenvalue weighted by molar-refractivity contribution is 0.320. The fraction of sp³-hybridized carbons (Fsp3) is 0.364. The van der Waals surface area contributed by atoms with Crippen LogP contribution in [0.1, 0.15) is 35.4 Å². The lowest BCUT2D eigenvalue weighted by Gasteiger charge is -2.31. The van der Waals surface area contributed by atoms with Crippen molar-refractivity contribution in [3.63, 3.8) is 0 Å². The zero-order valence-electron chi connectivity index (χ0n) is 16.5. The minimum absolute atomic E-state index is 0.339. The molecule has 0 amide bonds. The number of methoxy groups -OCH3 is 1. The molecule has 0 saturated carbocycles. The first-order valence-corrected chi connectivity index (χ1v) is 11.1. The van der Waals surface area contributed by atoms with Gasteiger partial charge in [0.1, 0.15) is 5.75 Å². The van der Waals surface area contributed by atoms with Gasteiger partial charge in [0, 0.05) is 30.2 Å². The molecule has 2 aromatic carbocycles. The molecule has 0 spiro atoms. The van der Waals surface area contributed by atoms with E-state index in [1.165, 1.54) is 5.56 Å². The second-order valence-electron chi connectivity index (χ2n) is 7.60. The molecule has 5 nitrogen and oxygen atoms in total. The van der Waals surface area contributed by atoms with Gasteiger partial charge in [-0.3, -0.25) is 0 Å². The van der Waals surface area contributed by atoms with Crippen molar-refractivity contribution >= 4 is 20.9 Å². The molecule has 0 bridgehead atoms. The van der Waals surface area contributed by atoms with E-state index >= 15 is 0 Å². The van der Waals surface area contributed by atoms with E-state index < -0.39 is 10.0 Å². The van der Waals surface area contributed by atoms with E-state index in [0.29, 0.717) is 23.9 Å². The van der Waals surface area contributed by atoms with Crippen LogP contribution in [0.4, 0.5) is 0 Å². The normalized spacial score (nSPS) is 16.5. The molecule has 6 heteroatoms. The molecule has 1 aliphatic heterocycles. The first kappa shape index (κ1) is 19.0. The number of aryl methyl sites for hydroxylation is 2. The molecule has 2 heterocycles. The van der Waals surface area contributed by atoms with Gasteiger partial charge in [-0.15, -0.1) is 0 Å². The van der Waals surface area contributed by atoms with Gasteiger partial charge in [-0.2, -0.15) is 4.31 Å². The van der Waals surface area contributed by atoms with Gasteiger partial charge in [-0.25, -0.2) is 8.42 Å². The van der Waals surface area contributed by atoms with Crippen molar-refractivity contribution in [3.8, 4) is 5.75 Å². The van der Waals surface area contributed by atoms with Crippen LogP contribution in [-0.4, -0.2) is 37.9 Å². The monoisotopic (exact) mass is 398 g/mol. The van der Waals surface area contributed by atoms with E-state index in [0.717, 1.165) is 40.6 Å². The number of nitrogens with zero attached hydrogens (tertiary/aromatic N) is 1. The molecule has 0 atom stereocenters. The highest BCUT2D eigenvalue weighted by Crippen LogP contribution is 2.36. The fourth-order valence-electron chi connectivity index (χ4n) is 4.12. The summed E-state index contributed by atoms with van der Waals surface area (Å²) in [7, 11) is -1.78. The Bertz CT molecular complexity index is 1110. The molecule has 28 heavy (non-hydrogen) atoms. The molecular weight excluding hydrogens is 372 g/mol. The van der Waals surface area contributed by atoms with Crippen LogP contribution in [0.5, 0.6) is 5.75 Å². The second kappa shape index (κ2) is 7.26. The Hall–Kier alpha value is -2.31. The molecule has 0 unspecified atom stereocenters. The lowest BCUT2D eigenvalue weighted by atomic mass is 9.90. The van der Waals surface area contributed by atoms with Crippen LogP contribution in [0, 0.1) is 13.8 Å². The van der Waals surface area contributed by atoms with E-state index in [1.54, 1.807) is 17.5 Å². The number of hydrogen-bond donors (Lipinski definition) is 1. The van der Waals surface area contributed by atoms with Crippen molar-refractivity contribution < 1.29 is 13.2 Å². The van der Waals surface area contributed by atoms with E-state index in [9.17, 15) is 8.42 Å². The number of rotatable bonds is 4. The topological polar surface area (TPSA) is 62.4 Å². The van der Waals surface area contributed by atoms with E-state index in [4.69, 9.17) is 4.74 Å². The number of nitrogens with one attached hydrogen (secondary N) is 1.